The zero-order valence-electron chi connectivity index (χ0n) is 17.2. The number of thioether (sulfide) groups is 1. The molecule has 0 atom stereocenters. The van der Waals surface area contributed by atoms with Crippen molar-refractivity contribution in [2.24, 2.45) is 0 Å². The zero-order chi connectivity index (χ0) is 22.6. The summed E-state index contributed by atoms with van der Waals surface area (Å²) in [6, 6.07) is 3.83. The first-order chi connectivity index (χ1) is 14.7. The molecular formula is C22H26F3N3O2S. The van der Waals surface area contributed by atoms with Gasteiger partial charge in [0.1, 0.15) is 0 Å². The Morgan fingerprint density at radius 3 is 2.35 bits per heavy atom. The number of nitrogens with zero attached hydrogens (tertiary/aromatic N) is 3. The number of hydrogen-bond donors (Lipinski definition) is 1. The van der Waals surface area contributed by atoms with Crippen LogP contribution in [0.2, 0.25) is 0 Å². The van der Waals surface area contributed by atoms with Gasteiger partial charge in [-0.2, -0.15) is 13.2 Å². The lowest BCUT2D eigenvalue weighted by Crippen LogP contribution is -2.48. The maximum atomic E-state index is 13.3. The number of benzene rings is 1. The third-order valence-electron chi connectivity index (χ3n) is 5.40. The van der Waals surface area contributed by atoms with E-state index in [0.717, 1.165) is 47.6 Å². The van der Waals surface area contributed by atoms with E-state index in [2.05, 4.69) is 18.1 Å². The number of rotatable bonds is 8. The predicted molar refractivity (Wildman–Crippen MR) is 117 cm³/mol. The molecular weight excluding hydrogens is 427 g/mol. The van der Waals surface area contributed by atoms with Crippen molar-refractivity contribution in [1.82, 2.24) is 9.80 Å². The van der Waals surface area contributed by atoms with Gasteiger partial charge in [-0.1, -0.05) is 31.0 Å². The fourth-order valence-electron chi connectivity index (χ4n) is 3.84. The zero-order valence-corrected chi connectivity index (χ0v) is 18.0. The Bertz CT molecular complexity index is 877. The van der Waals surface area contributed by atoms with Crippen molar-refractivity contribution in [3.8, 4) is 0 Å². The van der Waals surface area contributed by atoms with Crippen LogP contribution in [-0.2, 0) is 11.0 Å². The summed E-state index contributed by atoms with van der Waals surface area (Å²) in [6.07, 6.45) is -0.284. The molecule has 31 heavy (non-hydrogen) atoms. The topological polar surface area (TPSA) is 47.0 Å². The maximum Gasteiger partial charge on any atom is 0.416 e. The lowest BCUT2D eigenvalue weighted by Gasteiger charge is -2.36. The summed E-state index contributed by atoms with van der Waals surface area (Å²) in [6.45, 7) is 12.0. The van der Waals surface area contributed by atoms with Crippen LogP contribution in [0.15, 0.2) is 59.0 Å². The molecule has 168 valence electrons. The third kappa shape index (κ3) is 5.72. The number of hydrogen-bond acceptors (Lipinski definition) is 5. The van der Waals surface area contributed by atoms with E-state index in [1.165, 1.54) is 23.9 Å². The normalized spacial score (nSPS) is 18.1. The van der Waals surface area contributed by atoms with Crippen LogP contribution in [-0.4, -0.2) is 66.7 Å². The minimum Gasteiger partial charge on any atom is -0.480 e. The maximum absolute atomic E-state index is 13.3. The third-order valence-corrected chi connectivity index (χ3v) is 6.56. The van der Waals surface area contributed by atoms with Gasteiger partial charge in [0, 0.05) is 42.5 Å². The fourth-order valence-corrected chi connectivity index (χ4v) is 4.87. The molecule has 0 amide bonds. The van der Waals surface area contributed by atoms with Crippen LogP contribution >= 0.6 is 11.8 Å². The minimum atomic E-state index is -4.40. The summed E-state index contributed by atoms with van der Waals surface area (Å²) in [5.41, 5.74) is 0.626. The predicted octanol–water partition coefficient (Wildman–Crippen LogP) is 4.29. The number of anilines is 1. The fraction of sp³-hybridized carbons (Fsp3) is 0.409. The molecule has 0 bridgehead atoms. The molecule has 0 aromatic heterocycles. The summed E-state index contributed by atoms with van der Waals surface area (Å²) in [7, 11) is 0. The molecule has 0 aliphatic carbocycles. The van der Waals surface area contributed by atoms with Crippen molar-refractivity contribution in [2.75, 3.05) is 50.7 Å². The van der Waals surface area contributed by atoms with Crippen LogP contribution in [0.25, 0.3) is 0 Å². The number of carbonyl (C=O) groups is 1. The Morgan fingerprint density at radius 2 is 1.77 bits per heavy atom. The molecule has 0 radical (unpaired) electrons. The van der Waals surface area contributed by atoms with E-state index in [1.807, 2.05) is 9.80 Å². The highest BCUT2D eigenvalue weighted by Gasteiger charge is 2.33. The van der Waals surface area contributed by atoms with Gasteiger partial charge in [0.2, 0.25) is 0 Å². The second kappa shape index (κ2) is 9.93. The van der Waals surface area contributed by atoms with Crippen molar-refractivity contribution in [3.63, 3.8) is 0 Å². The second-order valence-corrected chi connectivity index (χ2v) is 8.54. The molecule has 1 aromatic carbocycles. The molecule has 1 N–H and O–H groups in total. The van der Waals surface area contributed by atoms with E-state index in [9.17, 15) is 18.0 Å². The van der Waals surface area contributed by atoms with Gasteiger partial charge in [-0.25, -0.2) is 0 Å². The number of carboxylic acids is 1. The van der Waals surface area contributed by atoms with Gasteiger partial charge in [0.25, 0.3) is 0 Å². The van der Waals surface area contributed by atoms with E-state index >= 15 is 0 Å². The minimum absolute atomic E-state index is 0.0510. The molecule has 9 heteroatoms. The highest BCUT2D eigenvalue weighted by atomic mass is 32.2. The Balaban J connectivity index is 1.70. The molecule has 2 aliphatic rings. The Labute approximate surface area is 184 Å². The van der Waals surface area contributed by atoms with E-state index < -0.39 is 17.7 Å². The standard InChI is InChI=1S/C22H26F3N3O2S/c1-3-17-19(4-2)31-20-7-6-16(22(23,24)25)14-18(20)28(17)9-5-8-26-10-12-27(13-11-26)15-21(29)30/h3-4,6-7,14H,1-2,5,8-13,15H2,(H,29,30). The van der Waals surface area contributed by atoms with Crippen LogP contribution < -0.4 is 4.90 Å². The summed E-state index contributed by atoms with van der Waals surface area (Å²) >= 11 is 1.40. The van der Waals surface area contributed by atoms with Crippen molar-refractivity contribution in [2.45, 2.75) is 17.5 Å². The highest BCUT2D eigenvalue weighted by Crippen LogP contribution is 2.46. The van der Waals surface area contributed by atoms with Crippen LogP contribution in [0.4, 0.5) is 18.9 Å². The Hall–Kier alpha value is -2.23. The van der Waals surface area contributed by atoms with Crippen LogP contribution in [0.1, 0.15) is 12.0 Å². The molecule has 2 aliphatic heterocycles. The first-order valence-electron chi connectivity index (χ1n) is 10.0. The van der Waals surface area contributed by atoms with Crippen molar-refractivity contribution in [1.29, 1.82) is 0 Å². The molecule has 5 nitrogen and oxygen atoms in total. The van der Waals surface area contributed by atoms with E-state index in [1.54, 1.807) is 12.2 Å². The molecule has 1 saturated heterocycles. The summed E-state index contributed by atoms with van der Waals surface area (Å²) in [5.74, 6) is -0.824. The van der Waals surface area contributed by atoms with Gasteiger partial charge >= 0.3 is 12.1 Å². The van der Waals surface area contributed by atoms with Gasteiger partial charge in [0.15, 0.2) is 0 Å². The van der Waals surface area contributed by atoms with Crippen molar-refractivity contribution in [3.05, 3.63) is 59.7 Å². The number of piperazine rings is 1. The number of allylic oxidation sites excluding steroid dienone is 2. The number of alkyl halides is 3. The van der Waals surface area contributed by atoms with E-state index in [-0.39, 0.29) is 6.54 Å². The first-order valence-corrected chi connectivity index (χ1v) is 10.9. The van der Waals surface area contributed by atoms with Crippen molar-refractivity contribution < 1.29 is 23.1 Å². The Kier molecular flexibility index (Phi) is 7.51. The molecule has 0 saturated carbocycles. The lowest BCUT2D eigenvalue weighted by molar-refractivity contribution is -0.139. The van der Waals surface area contributed by atoms with Gasteiger partial charge < -0.3 is 14.9 Å². The number of carboxylic acid groups (broad SMARTS) is 1. The number of aliphatic carboxylic acids is 1. The van der Waals surface area contributed by atoms with Gasteiger partial charge in [-0.3, -0.25) is 9.69 Å². The molecule has 0 spiro atoms. The average molecular weight is 454 g/mol. The molecule has 0 unspecified atom stereocenters. The van der Waals surface area contributed by atoms with Crippen LogP contribution in [0, 0.1) is 0 Å². The SMILES string of the molecule is C=CC1=C(C=C)N(CCCN2CCN(CC(=O)O)CC2)c2cc(C(F)(F)F)ccc2S1. The summed E-state index contributed by atoms with van der Waals surface area (Å²) < 4.78 is 39.9. The number of halogens is 3. The lowest BCUT2D eigenvalue weighted by atomic mass is 10.1. The van der Waals surface area contributed by atoms with Crippen LogP contribution in [0.5, 0.6) is 0 Å². The second-order valence-electron chi connectivity index (χ2n) is 7.46. The van der Waals surface area contributed by atoms with Crippen molar-refractivity contribution >= 4 is 23.4 Å². The number of fused-ring (bicyclic) bond motifs is 1. The summed E-state index contributed by atoms with van der Waals surface area (Å²) in [4.78, 5) is 18.5. The van der Waals surface area contributed by atoms with E-state index in [4.69, 9.17) is 5.11 Å². The largest absolute Gasteiger partial charge is 0.480 e. The molecule has 3 rings (SSSR count). The van der Waals surface area contributed by atoms with E-state index in [0.29, 0.717) is 25.3 Å². The van der Waals surface area contributed by atoms with Gasteiger partial charge in [-0.05, 0) is 37.2 Å². The molecule has 1 fully saturated rings. The van der Waals surface area contributed by atoms with Crippen LogP contribution in [0.3, 0.4) is 0 Å². The van der Waals surface area contributed by atoms with Gasteiger partial charge in [0.05, 0.1) is 23.5 Å². The highest BCUT2D eigenvalue weighted by molar-refractivity contribution is 8.03. The first kappa shape index (κ1) is 23.4. The quantitative estimate of drug-likeness (QED) is 0.634. The smallest absolute Gasteiger partial charge is 0.416 e. The summed E-state index contributed by atoms with van der Waals surface area (Å²) in [5, 5.41) is 8.90. The average Bonchev–Trinajstić information content (AvgIpc) is 2.73. The monoisotopic (exact) mass is 453 g/mol. The molecule has 1 aromatic rings. The Morgan fingerprint density at radius 1 is 1.10 bits per heavy atom. The molecule has 2 heterocycles. The van der Waals surface area contributed by atoms with Gasteiger partial charge in [-0.15, -0.1) is 0 Å².